The van der Waals surface area contributed by atoms with Gasteiger partial charge in [0.05, 0.1) is 29.5 Å². The number of alkyl carbamates (subject to hydrolysis) is 1. The van der Waals surface area contributed by atoms with E-state index in [9.17, 15) is 19.5 Å². The molecule has 0 spiro atoms. The van der Waals surface area contributed by atoms with Gasteiger partial charge in [0.15, 0.2) is 0 Å². The maximum atomic E-state index is 12.6. The Hall–Kier alpha value is -5.12. The van der Waals surface area contributed by atoms with Crippen LogP contribution in [-0.2, 0) is 4.74 Å². The summed E-state index contributed by atoms with van der Waals surface area (Å²) in [4.78, 5) is 40.2. The highest BCUT2D eigenvalue weighted by molar-refractivity contribution is 6.07. The zero-order chi connectivity index (χ0) is 31.1. The number of fused-ring (bicyclic) bond motifs is 1. The molecule has 44 heavy (non-hydrogen) atoms. The smallest absolute Gasteiger partial charge is 0.407 e. The highest BCUT2D eigenvalue weighted by Gasteiger charge is 2.24. The van der Waals surface area contributed by atoms with Gasteiger partial charge in [0.1, 0.15) is 11.5 Å². The van der Waals surface area contributed by atoms with Crippen molar-refractivity contribution in [3.05, 3.63) is 90.1 Å². The first-order valence-corrected chi connectivity index (χ1v) is 14.6. The first-order valence-electron chi connectivity index (χ1n) is 14.6. The van der Waals surface area contributed by atoms with Crippen LogP contribution < -0.4 is 20.1 Å². The Kier molecular flexibility index (Phi) is 9.59. The Bertz CT molecular complexity index is 1630. The fourth-order valence-electron chi connectivity index (χ4n) is 4.98. The van der Waals surface area contributed by atoms with E-state index < -0.39 is 11.9 Å². The third-order valence-corrected chi connectivity index (χ3v) is 7.26. The van der Waals surface area contributed by atoms with E-state index in [0.29, 0.717) is 24.2 Å². The highest BCUT2D eigenvalue weighted by atomic mass is 16.5. The third kappa shape index (κ3) is 8.03. The minimum absolute atomic E-state index is 0.00124. The molecule has 0 saturated heterocycles. The van der Waals surface area contributed by atoms with Gasteiger partial charge in [0, 0.05) is 18.3 Å². The van der Waals surface area contributed by atoms with Crippen molar-refractivity contribution >= 4 is 34.4 Å². The van der Waals surface area contributed by atoms with Gasteiger partial charge in [-0.25, -0.2) is 14.6 Å². The second-order valence-corrected chi connectivity index (χ2v) is 11.2. The normalized spacial score (nSPS) is 16.2. The molecule has 0 atom stereocenters. The number of carboxylic acids is 1. The van der Waals surface area contributed by atoms with Gasteiger partial charge < -0.3 is 30.0 Å². The number of nitrogens with zero attached hydrogens (tertiary/aromatic N) is 1. The molecule has 0 unspecified atom stereocenters. The highest BCUT2D eigenvalue weighted by Crippen LogP contribution is 2.30. The lowest BCUT2D eigenvalue weighted by Gasteiger charge is -2.29. The number of amides is 2. The molecule has 4 aromatic rings. The van der Waals surface area contributed by atoms with Gasteiger partial charge in [0.25, 0.3) is 5.91 Å². The zero-order valence-corrected chi connectivity index (χ0v) is 24.6. The molecule has 1 aliphatic carbocycles. The van der Waals surface area contributed by atoms with Crippen molar-refractivity contribution in [2.24, 2.45) is 5.92 Å². The van der Waals surface area contributed by atoms with Crippen LogP contribution in [0.25, 0.3) is 10.8 Å². The summed E-state index contributed by atoms with van der Waals surface area (Å²) in [6, 6.07) is 21.0. The van der Waals surface area contributed by atoms with Crippen LogP contribution in [0.3, 0.4) is 0 Å². The Morgan fingerprint density at radius 1 is 0.909 bits per heavy atom. The molecule has 10 nitrogen and oxygen atoms in total. The second-order valence-electron chi connectivity index (χ2n) is 11.2. The number of nitrogens with one attached hydrogen (secondary N) is 2. The van der Waals surface area contributed by atoms with Crippen molar-refractivity contribution in [2.45, 2.75) is 51.7 Å². The molecular formula is C34H35N3O7. The van der Waals surface area contributed by atoms with Crippen molar-refractivity contribution in [3.8, 4) is 17.4 Å². The first-order chi connectivity index (χ1) is 21.2. The summed E-state index contributed by atoms with van der Waals surface area (Å²) in [6.45, 7) is 4.43. The van der Waals surface area contributed by atoms with Crippen molar-refractivity contribution in [3.63, 3.8) is 0 Å². The van der Waals surface area contributed by atoms with E-state index >= 15 is 0 Å². The fraction of sp³-hybridized carbons (Fsp3) is 0.294. The molecule has 1 saturated carbocycles. The summed E-state index contributed by atoms with van der Waals surface area (Å²) in [7, 11) is 0. The average molecular weight is 598 g/mol. The van der Waals surface area contributed by atoms with Crippen molar-refractivity contribution in [1.82, 2.24) is 10.3 Å². The minimum atomic E-state index is -1.13. The van der Waals surface area contributed by atoms with Crippen LogP contribution in [0, 0.1) is 5.92 Å². The number of carbonyl (C=O) groups excluding carboxylic acids is 2. The second kappa shape index (κ2) is 13.9. The maximum Gasteiger partial charge on any atom is 0.407 e. The molecule has 0 bridgehead atoms. The molecule has 1 fully saturated rings. The average Bonchev–Trinajstić information content (AvgIpc) is 3.01. The lowest BCUT2D eigenvalue weighted by Crippen LogP contribution is -2.40. The lowest BCUT2D eigenvalue weighted by molar-refractivity contribution is 0.0698. The molecule has 0 aliphatic heterocycles. The van der Waals surface area contributed by atoms with Gasteiger partial charge >= 0.3 is 12.1 Å². The van der Waals surface area contributed by atoms with Gasteiger partial charge in [-0.2, -0.15) is 0 Å². The van der Waals surface area contributed by atoms with Crippen LogP contribution in [0.2, 0.25) is 0 Å². The molecule has 1 heterocycles. The number of anilines is 1. The topological polar surface area (TPSA) is 136 Å². The summed E-state index contributed by atoms with van der Waals surface area (Å²) < 4.78 is 17.4. The van der Waals surface area contributed by atoms with Crippen molar-refractivity contribution in [1.29, 1.82) is 0 Å². The van der Waals surface area contributed by atoms with Gasteiger partial charge in [-0.1, -0.05) is 38.1 Å². The molecule has 0 radical (unpaired) electrons. The molecule has 2 amide bonds. The molecule has 228 valence electrons. The number of carboxylic acid groups (broad SMARTS) is 1. The molecule has 1 aliphatic rings. The number of ether oxygens (including phenoxy) is 3. The van der Waals surface area contributed by atoms with Crippen LogP contribution in [0.1, 0.15) is 60.2 Å². The number of hydrogen-bond acceptors (Lipinski definition) is 7. The first kappa shape index (κ1) is 30.3. The Morgan fingerprint density at radius 3 is 2.30 bits per heavy atom. The molecular weight excluding hydrogens is 562 g/mol. The largest absolute Gasteiger partial charge is 0.490 e. The lowest BCUT2D eigenvalue weighted by atomic mass is 9.93. The molecule has 3 aromatic carbocycles. The van der Waals surface area contributed by atoms with Crippen LogP contribution in [-0.4, -0.2) is 46.8 Å². The third-order valence-electron chi connectivity index (χ3n) is 7.26. The van der Waals surface area contributed by atoms with E-state index in [-0.39, 0.29) is 35.1 Å². The van der Waals surface area contributed by atoms with Crippen LogP contribution in [0.5, 0.6) is 17.4 Å². The number of pyridine rings is 1. The predicted octanol–water partition coefficient (Wildman–Crippen LogP) is 7.05. The minimum Gasteiger partial charge on any atom is -0.490 e. The van der Waals surface area contributed by atoms with Crippen LogP contribution >= 0.6 is 0 Å². The summed E-state index contributed by atoms with van der Waals surface area (Å²) in [5.41, 5.74) is 0.467. The van der Waals surface area contributed by atoms with Gasteiger partial charge in [-0.3, -0.25) is 4.79 Å². The molecule has 3 N–H and O–H groups in total. The molecule has 1 aromatic heterocycles. The summed E-state index contributed by atoms with van der Waals surface area (Å²) >= 11 is 0. The molecule has 5 rings (SSSR count). The van der Waals surface area contributed by atoms with E-state index in [4.69, 9.17) is 14.2 Å². The Balaban J connectivity index is 1.13. The van der Waals surface area contributed by atoms with Crippen LogP contribution in [0.4, 0.5) is 10.5 Å². The van der Waals surface area contributed by atoms with Gasteiger partial charge in [-0.15, -0.1) is 0 Å². The summed E-state index contributed by atoms with van der Waals surface area (Å²) in [5.74, 6) is 0.389. The summed E-state index contributed by atoms with van der Waals surface area (Å²) in [5, 5.41) is 16.9. The van der Waals surface area contributed by atoms with E-state index in [0.717, 1.165) is 42.2 Å². The van der Waals surface area contributed by atoms with Gasteiger partial charge in [0.2, 0.25) is 5.88 Å². The Morgan fingerprint density at radius 2 is 1.61 bits per heavy atom. The monoisotopic (exact) mass is 597 g/mol. The van der Waals surface area contributed by atoms with E-state index in [1.807, 2.05) is 50.2 Å². The van der Waals surface area contributed by atoms with E-state index in [1.54, 1.807) is 24.3 Å². The predicted molar refractivity (Wildman–Crippen MR) is 166 cm³/mol. The standard InChI is InChI=1S/C34H35N3O7/c1-21(2)20-42-34(41)36-25-10-14-26(15-11-25)43-27-12-7-23-18-28(13-8-22(23)17-27)44-31-16-9-24(19-35-31)32(38)37-30-6-4-3-5-29(30)33(39)40/h3-9,12-13,16-19,21,25-26H,10-11,14-15,20H2,1-2H3,(H,36,41)(H,37,38)(H,39,40). The Labute approximate surface area is 255 Å². The quantitative estimate of drug-likeness (QED) is 0.177. The fourth-order valence-corrected chi connectivity index (χ4v) is 4.98. The van der Waals surface area contributed by atoms with Gasteiger partial charge in [-0.05, 0) is 84.8 Å². The van der Waals surface area contributed by atoms with E-state index in [2.05, 4.69) is 15.6 Å². The summed E-state index contributed by atoms with van der Waals surface area (Å²) in [6.07, 6.45) is 4.50. The number of benzene rings is 3. The number of aromatic carboxylic acids is 1. The SMILES string of the molecule is CC(C)COC(=O)NC1CCC(Oc2ccc3cc(Oc4ccc(C(=O)Nc5ccccc5C(=O)O)cn4)ccc3c2)CC1. The zero-order valence-electron chi connectivity index (χ0n) is 24.6. The van der Waals surface area contributed by atoms with Crippen molar-refractivity contribution < 1.29 is 33.7 Å². The number of carbonyl (C=O) groups is 3. The number of rotatable bonds is 10. The van der Waals surface area contributed by atoms with E-state index in [1.165, 1.54) is 18.3 Å². The number of para-hydroxylation sites is 1. The van der Waals surface area contributed by atoms with Crippen LogP contribution in [0.15, 0.2) is 79.0 Å². The number of hydrogen-bond donors (Lipinski definition) is 3. The maximum absolute atomic E-state index is 12.6. The number of aromatic nitrogens is 1. The molecule has 10 heteroatoms. The van der Waals surface area contributed by atoms with Crippen molar-refractivity contribution in [2.75, 3.05) is 11.9 Å².